The van der Waals surface area contributed by atoms with Gasteiger partial charge in [0.05, 0.1) is 0 Å². The molecule has 0 spiro atoms. The molecule has 1 saturated carbocycles. The van der Waals surface area contributed by atoms with Crippen molar-refractivity contribution < 1.29 is 4.39 Å². The normalized spacial score (nSPS) is 18.6. The van der Waals surface area contributed by atoms with Crippen molar-refractivity contribution in [2.24, 2.45) is 5.73 Å². The summed E-state index contributed by atoms with van der Waals surface area (Å²) in [6.45, 7) is 0.0805. The van der Waals surface area contributed by atoms with Gasteiger partial charge in [0, 0.05) is 22.5 Å². The summed E-state index contributed by atoms with van der Waals surface area (Å²) in [7, 11) is 0. The fourth-order valence-corrected chi connectivity index (χ4v) is 2.60. The lowest BCUT2D eigenvalue weighted by atomic mass is 9.63. The number of hydrogen-bond acceptors (Lipinski definition) is 1. The highest BCUT2D eigenvalue weighted by Crippen LogP contribution is 2.45. The molecule has 3 heteroatoms. The van der Waals surface area contributed by atoms with Crippen LogP contribution in [0.3, 0.4) is 0 Å². The van der Waals surface area contributed by atoms with Gasteiger partial charge in [-0.1, -0.05) is 30.2 Å². The van der Waals surface area contributed by atoms with Gasteiger partial charge in [-0.25, -0.2) is 4.39 Å². The van der Waals surface area contributed by atoms with Gasteiger partial charge >= 0.3 is 0 Å². The van der Waals surface area contributed by atoms with Crippen molar-refractivity contribution in [3.05, 3.63) is 34.3 Å². The maximum absolute atomic E-state index is 12.9. The van der Waals surface area contributed by atoms with E-state index in [2.05, 4.69) is 0 Å². The Morgan fingerprint density at radius 3 is 2.60 bits per heavy atom. The summed E-state index contributed by atoms with van der Waals surface area (Å²) in [5, 5.41) is 0.523. The topological polar surface area (TPSA) is 26.0 Å². The van der Waals surface area contributed by atoms with Crippen LogP contribution in [0.15, 0.2) is 18.2 Å². The Labute approximate surface area is 94.4 Å². The molecule has 0 aromatic heterocycles. The van der Waals surface area contributed by atoms with E-state index in [0.29, 0.717) is 17.1 Å². The third-order valence-corrected chi connectivity index (χ3v) is 3.88. The first-order chi connectivity index (χ1) is 7.23. The number of hydrogen-bond donors (Lipinski definition) is 1. The zero-order chi connectivity index (χ0) is 10.9. The van der Waals surface area contributed by atoms with Gasteiger partial charge in [-0.3, -0.25) is 0 Å². The second-order valence-electron chi connectivity index (χ2n) is 4.24. The standard InChI is InChI=1S/C12H15ClFN/c13-11-4-1-3-10(9(11)7-14)12(8-15)5-2-6-12/h1,3-4H,2,5-8,15H2. The number of nitrogens with two attached hydrogens (primary N) is 1. The van der Waals surface area contributed by atoms with E-state index in [0.717, 1.165) is 18.4 Å². The van der Waals surface area contributed by atoms with Crippen LogP contribution in [0.5, 0.6) is 0 Å². The first-order valence-electron chi connectivity index (χ1n) is 5.27. The van der Waals surface area contributed by atoms with Gasteiger partial charge < -0.3 is 5.73 Å². The fourth-order valence-electron chi connectivity index (χ4n) is 2.38. The van der Waals surface area contributed by atoms with Gasteiger partial charge in [0.25, 0.3) is 0 Å². The van der Waals surface area contributed by atoms with Crippen molar-refractivity contribution in [1.82, 2.24) is 0 Å². The first-order valence-corrected chi connectivity index (χ1v) is 5.65. The largest absolute Gasteiger partial charge is 0.330 e. The Morgan fingerprint density at radius 1 is 1.40 bits per heavy atom. The molecular formula is C12H15ClFN. The highest BCUT2D eigenvalue weighted by atomic mass is 35.5. The Kier molecular flexibility index (Phi) is 2.98. The molecule has 0 heterocycles. The predicted molar refractivity (Wildman–Crippen MR) is 60.8 cm³/mol. The van der Waals surface area contributed by atoms with Crippen molar-refractivity contribution >= 4 is 11.6 Å². The van der Waals surface area contributed by atoms with Gasteiger partial charge in [-0.15, -0.1) is 0 Å². The molecule has 2 N–H and O–H groups in total. The summed E-state index contributed by atoms with van der Waals surface area (Å²) >= 11 is 5.99. The van der Waals surface area contributed by atoms with Crippen molar-refractivity contribution in [2.45, 2.75) is 31.4 Å². The summed E-state index contributed by atoms with van der Waals surface area (Å²) in [6.07, 6.45) is 3.28. The zero-order valence-electron chi connectivity index (χ0n) is 8.60. The zero-order valence-corrected chi connectivity index (χ0v) is 9.36. The molecule has 0 saturated heterocycles. The third kappa shape index (κ3) is 1.66. The predicted octanol–water partition coefficient (Wildman–Crippen LogP) is 3.19. The molecule has 0 atom stereocenters. The van der Waals surface area contributed by atoms with Crippen LogP contribution in [-0.4, -0.2) is 6.54 Å². The van der Waals surface area contributed by atoms with Crippen LogP contribution < -0.4 is 5.73 Å². The molecule has 1 aliphatic rings. The molecule has 1 aliphatic carbocycles. The van der Waals surface area contributed by atoms with E-state index >= 15 is 0 Å². The molecule has 1 nitrogen and oxygen atoms in total. The van der Waals surface area contributed by atoms with Crippen LogP contribution in [-0.2, 0) is 12.1 Å². The second-order valence-corrected chi connectivity index (χ2v) is 4.64. The van der Waals surface area contributed by atoms with E-state index in [-0.39, 0.29) is 5.41 Å². The highest BCUT2D eigenvalue weighted by molar-refractivity contribution is 6.31. The van der Waals surface area contributed by atoms with E-state index in [1.807, 2.05) is 12.1 Å². The second kappa shape index (κ2) is 4.11. The van der Waals surface area contributed by atoms with Gasteiger partial charge in [-0.05, 0) is 24.5 Å². The Morgan fingerprint density at radius 2 is 2.13 bits per heavy atom. The summed E-state index contributed by atoms with van der Waals surface area (Å²) in [5.41, 5.74) is 7.45. The Hall–Kier alpha value is -0.600. The van der Waals surface area contributed by atoms with E-state index in [1.165, 1.54) is 6.42 Å². The molecule has 15 heavy (non-hydrogen) atoms. The molecule has 1 aromatic carbocycles. The Balaban J connectivity index is 2.46. The molecule has 0 radical (unpaired) electrons. The van der Waals surface area contributed by atoms with Crippen LogP contribution in [0.1, 0.15) is 30.4 Å². The minimum atomic E-state index is -0.503. The van der Waals surface area contributed by atoms with Gasteiger partial charge in [0.2, 0.25) is 0 Å². The minimum Gasteiger partial charge on any atom is -0.330 e. The van der Waals surface area contributed by atoms with Crippen LogP contribution in [0.2, 0.25) is 5.02 Å². The summed E-state index contributed by atoms with van der Waals surface area (Å²) < 4.78 is 12.9. The summed E-state index contributed by atoms with van der Waals surface area (Å²) in [4.78, 5) is 0. The molecule has 1 fully saturated rings. The molecule has 0 bridgehead atoms. The highest BCUT2D eigenvalue weighted by Gasteiger charge is 2.39. The summed E-state index contributed by atoms with van der Waals surface area (Å²) in [6, 6.07) is 5.59. The third-order valence-electron chi connectivity index (χ3n) is 3.53. The smallest absolute Gasteiger partial charge is 0.116 e. The average Bonchev–Trinajstić information content (AvgIpc) is 2.17. The van der Waals surface area contributed by atoms with E-state index in [1.54, 1.807) is 6.07 Å². The number of alkyl halides is 1. The molecule has 0 unspecified atom stereocenters. The fraction of sp³-hybridized carbons (Fsp3) is 0.500. The SMILES string of the molecule is NCC1(c2cccc(Cl)c2CF)CCC1. The monoisotopic (exact) mass is 227 g/mol. The lowest BCUT2D eigenvalue weighted by Crippen LogP contribution is -2.42. The van der Waals surface area contributed by atoms with Crippen molar-refractivity contribution in [2.75, 3.05) is 6.54 Å². The maximum atomic E-state index is 12.9. The van der Waals surface area contributed by atoms with Crippen LogP contribution in [0, 0.1) is 0 Å². The van der Waals surface area contributed by atoms with E-state index < -0.39 is 6.67 Å². The van der Waals surface area contributed by atoms with E-state index in [4.69, 9.17) is 17.3 Å². The molecule has 2 rings (SSSR count). The number of halogens is 2. The quantitative estimate of drug-likeness (QED) is 0.843. The lowest BCUT2D eigenvalue weighted by molar-refractivity contribution is 0.249. The molecular weight excluding hydrogens is 213 g/mol. The first kappa shape index (κ1) is 10.9. The number of benzene rings is 1. The van der Waals surface area contributed by atoms with Crippen molar-refractivity contribution in [3.63, 3.8) is 0 Å². The van der Waals surface area contributed by atoms with Crippen LogP contribution in [0.25, 0.3) is 0 Å². The van der Waals surface area contributed by atoms with Gasteiger partial charge in [0.15, 0.2) is 0 Å². The van der Waals surface area contributed by atoms with Gasteiger partial charge in [-0.2, -0.15) is 0 Å². The van der Waals surface area contributed by atoms with Crippen LogP contribution >= 0.6 is 11.6 Å². The molecule has 1 aromatic rings. The van der Waals surface area contributed by atoms with Crippen LogP contribution in [0.4, 0.5) is 4.39 Å². The average molecular weight is 228 g/mol. The molecule has 0 amide bonds. The molecule has 82 valence electrons. The maximum Gasteiger partial charge on any atom is 0.116 e. The van der Waals surface area contributed by atoms with Crippen molar-refractivity contribution in [1.29, 1.82) is 0 Å². The molecule has 0 aliphatic heterocycles. The summed E-state index contributed by atoms with van der Waals surface area (Å²) in [5.74, 6) is 0. The lowest BCUT2D eigenvalue weighted by Gasteiger charge is -2.42. The van der Waals surface area contributed by atoms with Crippen molar-refractivity contribution in [3.8, 4) is 0 Å². The Bertz CT molecular complexity index is 355. The number of rotatable bonds is 3. The minimum absolute atomic E-state index is 0.00762. The van der Waals surface area contributed by atoms with Gasteiger partial charge in [0.1, 0.15) is 6.67 Å². The van der Waals surface area contributed by atoms with E-state index in [9.17, 15) is 4.39 Å².